The van der Waals surface area contributed by atoms with Crippen LogP contribution in [0.5, 0.6) is 5.75 Å². The van der Waals surface area contributed by atoms with Gasteiger partial charge in [-0.1, -0.05) is 12.1 Å². The van der Waals surface area contributed by atoms with Crippen molar-refractivity contribution in [3.8, 4) is 5.75 Å². The van der Waals surface area contributed by atoms with E-state index in [2.05, 4.69) is 5.32 Å². The fourth-order valence-corrected chi connectivity index (χ4v) is 3.10. The number of nitrogens with one attached hydrogen (secondary N) is 1. The summed E-state index contributed by atoms with van der Waals surface area (Å²) in [5.74, 6) is 0.912. The van der Waals surface area contributed by atoms with Crippen molar-refractivity contribution in [2.75, 3.05) is 27.4 Å². The summed E-state index contributed by atoms with van der Waals surface area (Å²) in [6.45, 7) is 1.21. The van der Waals surface area contributed by atoms with Crippen LogP contribution in [0.1, 0.15) is 24.8 Å². The predicted molar refractivity (Wildman–Crippen MR) is 82.1 cm³/mol. The minimum atomic E-state index is -0.372. The first-order chi connectivity index (χ1) is 10.7. The Balaban J connectivity index is 1.70. The van der Waals surface area contributed by atoms with Gasteiger partial charge in [0.1, 0.15) is 11.9 Å². The van der Waals surface area contributed by atoms with Gasteiger partial charge in [-0.2, -0.15) is 0 Å². The van der Waals surface area contributed by atoms with Gasteiger partial charge in [-0.15, -0.1) is 0 Å². The molecule has 0 spiro atoms. The van der Waals surface area contributed by atoms with E-state index in [1.165, 1.54) is 0 Å². The summed E-state index contributed by atoms with van der Waals surface area (Å²) in [6, 6.07) is 7.83. The molecule has 1 saturated heterocycles. The summed E-state index contributed by atoms with van der Waals surface area (Å²) in [5.41, 5.74) is 0.690. The number of carbonyl (C=O) groups excluding carboxylic acids is 1. The first-order valence-electron chi connectivity index (χ1n) is 7.75. The molecular weight excluding hydrogens is 282 g/mol. The summed E-state index contributed by atoms with van der Waals surface area (Å²) in [4.78, 5) is 12.8. The van der Waals surface area contributed by atoms with E-state index in [1.807, 2.05) is 24.3 Å². The molecule has 1 saturated carbocycles. The zero-order chi connectivity index (χ0) is 15.6. The number of benzene rings is 1. The number of methoxy groups -OCH3 is 2. The molecule has 5 nitrogen and oxygen atoms in total. The Morgan fingerprint density at radius 2 is 2.00 bits per heavy atom. The standard InChI is InChI=1S/C17H23NO4/c1-20-13-5-3-12(4-6-13)17(8-9-17)16(19)18-14-7-10-22-11-15(14)21-2/h3-6,14-15H,7-11H2,1-2H3,(H,18,19)/t14-,15-/m1/s1. The van der Waals surface area contributed by atoms with Crippen molar-refractivity contribution in [1.29, 1.82) is 0 Å². The van der Waals surface area contributed by atoms with Crippen LogP contribution in [0.25, 0.3) is 0 Å². The molecule has 22 heavy (non-hydrogen) atoms. The van der Waals surface area contributed by atoms with Gasteiger partial charge >= 0.3 is 0 Å². The van der Waals surface area contributed by atoms with Crippen molar-refractivity contribution in [1.82, 2.24) is 5.32 Å². The van der Waals surface area contributed by atoms with Crippen LogP contribution in [-0.4, -0.2) is 45.5 Å². The second-order valence-corrected chi connectivity index (χ2v) is 6.03. The highest BCUT2D eigenvalue weighted by Gasteiger charge is 2.52. The minimum Gasteiger partial charge on any atom is -0.497 e. The van der Waals surface area contributed by atoms with Crippen LogP contribution >= 0.6 is 0 Å². The third-order valence-corrected chi connectivity index (χ3v) is 4.75. The number of hydrogen-bond acceptors (Lipinski definition) is 4. The maximum atomic E-state index is 12.8. The van der Waals surface area contributed by atoms with Gasteiger partial charge in [-0.3, -0.25) is 4.79 Å². The van der Waals surface area contributed by atoms with E-state index in [1.54, 1.807) is 14.2 Å². The van der Waals surface area contributed by atoms with Crippen molar-refractivity contribution >= 4 is 5.91 Å². The van der Waals surface area contributed by atoms with Gasteiger partial charge in [0.25, 0.3) is 0 Å². The Kier molecular flexibility index (Phi) is 4.36. The zero-order valence-corrected chi connectivity index (χ0v) is 13.1. The quantitative estimate of drug-likeness (QED) is 0.898. The summed E-state index contributed by atoms with van der Waals surface area (Å²) in [7, 11) is 3.31. The highest BCUT2D eigenvalue weighted by Crippen LogP contribution is 2.48. The Morgan fingerprint density at radius 1 is 1.27 bits per heavy atom. The molecule has 2 aliphatic rings. The van der Waals surface area contributed by atoms with E-state index in [0.717, 1.165) is 30.6 Å². The lowest BCUT2D eigenvalue weighted by molar-refractivity contribution is -0.127. The third kappa shape index (κ3) is 2.83. The van der Waals surface area contributed by atoms with Gasteiger partial charge in [0.05, 0.1) is 25.2 Å². The summed E-state index contributed by atoms with van der Waals surface area (Å²) < 4.78 is 16.0. The van der Waals surface area contributed by atoms with Crippen molar-refractivity contribution in [2.45, 2.75) is 36.8 Å². The number of amides is 1. The monoisotopic (exact) mass is 305 g/mol. The van der Waals surface area contributed by atoms with Crippen molar-refractivity contribution in [3.63, 3.8) is 0 Å². The average Bonchev–Trinajstić information content (AvgIpc) is 3.37. The molecule has 1 aliphatic carbocycles. The SMILES string of the molecule is COc1ccc(C2(C(=O)N[C@@H]3CCOC[C@H]3OC)CC2)cc1. The summed E-state index contributed by atoms with van der Waals surface area (Å²) in [6.07, 6.45) is 2.52. The van der Waals surface area contributed by atoms with Crippen LogP contribution in [-0.2, 0) is 19.7 Å². The van der Waals surface area contributed by atoms with E-state index in [0.29, 0.717) is 13.2 Å². The van der Waals surface area contributed by atoms with E-state index in [9.17, 15) is 4.79 Å². The van der Waals surface area contributed by atoms with E-state index >= 15 is 0 Å². The lowest BCUT2D eigenvalue weighted by atomic mass is 9.93. The van der Waals surface area contributed by atoms with Crippen LogP contribution in [0.4, 0.5) is 0 Å². The van der Waals surface area contributed by atoms with Gasteiger partial charge in [-0.25, -0.2) is 0 Å². The van der Waals surface area contributed by atoms with Crippen molar-refractivity contribution in [3.05, 3.63) is 29.8 Å². The Hall–Kier alpha value is -1.59. The lowest BCUT2D eigenvalue weighted by Crippen LogP contribution is -2.52. The zero-order valence-electron chi connectivity index (χ0n) is 13.1. The molecule has 2 atom stereocenters. The maximum absolute atomic E-state index is 12.8. The van der Waals surface area contributed by atoms with Crippen molar-refractivity contribution < 1.29 is 19.0 Å². The van der Waals surface area contributed by atoms with E-state index in [4.69, 9.17) is 14.2 Å². The Morgan fingerprint density at radius 3 is 2.59 bits per heavy atom. The molecule has 5 heteroatoms. The molecule has 0 bridgehead atoms. The lowest BCUT2D eigenvalue weighted by Gasteiger charge is -2.32. The number of ether oxygens (including phenoxy) is 3. The highest BCUT2D eigenvalue weighted by atomic mass is 16.5. The first-order valence-corrected chi connectivity index (χ1v) is 7.75. The van der Waals surface area contributed by atoms with Gasteiger partial charge in [0, 0.05) is 13.7 Å². The first kappa shape index (κ1) is 15.3. The molecule has 1 amide bonds. The average molecular weight is 305 g/mol. The molecule has 0 aromatic heterocycles. The van der Waals surface area contributed by atoms with Gasteiger partial charge in [-0.05, 0) is 37.0 Å². The van der Waals surface area contributed by atoms with E-state index < -0.39 is 0 Å². The largest absolute Gasteiger partial charge is 0.497 e. The second kappa shape index (κ2) is 6.26. The number of rotatable bonds is 5. The Bertz CT molecular complexity index is 524. The molecule has 1 heterocycles. The molecule has 1 N–H and O–H groups in total. The smallest absolute Gasteiger partial charge is 0.230 e. The molecule has 1 aliphatic heterocycles. The normalized spacial score (nSPS) is 26.3. The molecule has 1 aromatic carbocycles. The predicted octanol–water partition coefficient (Wildman–Crippen LogP) is 1.65. The fourth-order valence-electron chi connectivity index (χ4n) is 3.10. The topological polar surface area (TPSA) is 56.8 Å². The summed E-state index contributed by atoms with van der Waals surface area (Å²) in [5, 5.41) is 3.17. The fraction of sp³-hybridized carbons (Fsp3) is 0.588. The molecular formula is C17H23NO4. The van der Waals surface area contributed by atoms with Gasteiger partial charge in [0.2, 0.25) is 5.91 Å². The second-order valence-electron chi connectivity index (χ2n) is 6.03. The highest BCUT2D eigenvalue weighted by molar-refractivity contribution is 5.91. The van der Waals surface area contributed by atoms with Crippen LogP contribution in [0.3, 0.4) is 0 Å². The van der Waals surface area contributed by atoms with Crippen LogP contribution in [0.2, 0.25) is 0 Å². The van der Waals surface area contributed by atoms with Crippen LogP contribution < -0.4 is 10.1 Å². The molecule has 3 rings (SSSR count). The number of hydrogen-bond donors (Lipinski definition) is 1. The van der Waals surface area contributed by atoms with Crippen LogP contribution in [0.15, 0.2) is 24.3 Å². The molecule has 1 aromatic rings. The molecule has 120 valence electrons. The van der Waals surface area contributed by atoms with Gasteiger partial charge < -0.3 is 19.5 Å². The van der Waals surface area contributed by atoms with Crippen LogP contribution in [0, 0.1) is 0 Å². The van der Waals surface area contributed by atoms with Gasteiger partial charge in [0.15, 0.2) is 0 Å². The van der Waals surface area contributed by atoms with Crippen molar-refractivity contribution in [2.24, 2.45) is 0 Å². The maximum Gasteiger partial charge on any atom is 0.230 e. The van der Waals surface area contributed by atoms with E-state index in [-0.39, 0.29) is 23.5 Å². The summed E-state index contributed by atoms with van der Waals surface area (Å²) >= 11 is 0. The molecule has 2 fully saturated rings. The molecule has 0 radical (unpaired) electrons. The third-order valence-electron chi connectivity index (χ3n) is 4.75. The molecule has 0 unspecified atom stereocenters. The Labute approximate surface area is 130 Å². The number of carbonyl (C=O) groups is 1. The minimum absolute atomic E-state index is 0.0296.